The summed E-state index contributed by atoms with van der Waals surface area (Å²) in [5.74, 6) is 0.563. The Morgan fingerprint density at radius 3 is 2.50 bits per heavy atom. The van der Waals surface area contributed by atoms with E-state index in [2.05, 4.69) is 19.9 Å². The number of ether oxygens (including phenoxy) is 1. The number of aryl methyl sites for hydroxylation is 2. The first kappa shape index (κ1) is 19.5. The third kappa shape index (κ3) is 3.35. The maximum Gasteiger partial charge on any atom is 0.264 e. The van der Waals surface area contributed by atoms with Crippen molar-refractivity contribution in [2.75, 3.05) is 17.5 Å². The summed E-state index contributed by atoms with van der Waals surface area (Å²) < 4.78 is 34.9. The number of sulfonamides is 1. The number of rotatable bonds is 4. The van der Waals surface area contributed by atoms with Gasteiger partial charge in [0.25, 0.3) is 10.0 Å². The van der Waals surface area contributed by atoms with Crippen molar-refractivity contribution in [2.24, 2.45) is 5.92 Å². The number of benzene rings is 2. The molecule has 0 unspecified atom stereocenters. The van der Waals surface area contributed by atoms with E-state index in [1.165, 1.54) is 5.56 Å². The maximum atomic E-state index is 13.6. The summed E-state index contributed by atoms with van der Waals surface area (Å²) in [7, 11) is -3.62. The van der Waals surface area contributed by atoms with Gasteiger partial charge in [0.15, 0.2) is 0 Å². The van der Waals surface area contributed by atoms with Crippen molar-refractivity contribution >= 4 is 15.7 Å². The van der Waals surface area contributed by atoms with Crippen LogP contribution in [0.15, 0.2) is 47.4 Å². The molecule has 2 heterocycles. The lowest BCUT2D eigenvalue weighted by Gasteiger charge is -2.46. The second kappa shape index (κ2) is 7.53. The smallest absolute Gasteiger partial charge is 0.264 e. The second-order valence-electron chi connectivity index (χ2n) is 8.17. The number of hydrogen-bond donors (Lipinski definition) is 0. The highest BCUT2D eigenvalue weighted by Crippen LogP contribution is 2.47. The van der Waals surface area contributed by atoms with Crippen molar-refractivity contribution in [3.05, 3.63) is 59.2 Å². The Labute approximate surface area is 168 Å². The molecule has 2 aromatic carbocycles. The molecule has 4 nitrogen and oxygen atoms in total. The lowest BCUT2D eigenvalue weighted by atomic mass is 9.74. The maximum absolute atomic E-state index is 13.6. The zero-order chi connectivity index (χ0) is 19.9. The zero-order valence-corrected chi connectivity index (χ0v) is 17.7. The van der Waals surface area contributed by atoms with Crippen LogP contribution in [0, 0.1) is 19.8 Å². The van der Waals surface area contributed by atoms with Gasteiger partial charge in [0.05, 0.1) is 16.7 Å². The topological polar surface area (TPSA) is 46.6 Å². The van der Waals surface area contributed by atoms with E-state index in [9.17, 15) is 8.42 Å². The molecule has 0 spiro atoms. The van der Waals surface area contributed by atoms with Crippen LogP contribution in [0.1, 0.15) is 48.8 Å². The van der Waals surface area contributed by atoms with Crippen molar-refractivity contribution in [3.8, 4) is 0 Å². The molecule has 0 bridgehead atoms. The molecule has 0 amide bonds. The predicted molar refractivity (Wildman–Crippen MR) is 112 cm³/mol. The molecule has 4 rings (SSSR count). The molecule has 1 fully saturated rings. The molecule has 1 saturated heterocycles. The molecule has 2 aliphatic heterocycles. The van der Waals surface area contributed by atoms with Crippen molar-refractivity contribution < 1.29 is 13.2 Å². The summed E-state index contributed by atoms with van der Waals surface area (Å²) in [6, 6.07) is 13.3. The molecule has 0 aromatic heterocycles. The monoisotopic (exact) mass is 399 g/mol. The predicted octanol–water partition coefficient (Wildman–Crippen LogP) is 4.80. The van der Waals surface area contributed by atoms with Crippen LogP contribution in [0.3, 0.4) is 0 Å². The SMILES string of the molecule is CCC[C@H]1OCC[C@H]2c3cc(C)ccc3N(S(=O)(=O)c3ccc(C)cc3)C[C@H]12. The minimum atomic E-state index is -3.62. The fraction of sp³-hybridized carbons (Fsp3) is 0.478. The summed E-state index contributed by atoms with van der Waals surface area (Å²) in [5.41, 5.74) is 4.23. The summed E-state index contributed by atoms with van der Waals surface area (Å²) in [5, 5.41) is 0. The summed E-state index contributed by atoms with van der Waals surface area (Å²) in [4.78, 5) is 0.354. The van der Waals surface area contributed by atoms with E-state index in [0.717, 1.165) is 42.7 Å². The first-order valence-corrected chi connectivity index (χ1v) is 11.7. The molecule has 0 saturated carbocycles. The number of fused-ring (bicyclic) bond motifs is 3. The van der Waals surface area contributed by atoms with E-state index < -0.39 is 10.0 Å². The Morgan fingerprint density at radius 2 is 1.79 bits per heavy atom. The van der Waals surface area contributed by atoms with Crippen molar-refractivity contribution in [1.29, 1.82) is 0 Å². The summed E-state index contributed by atoms with van der Waals surface area (Å²) in [6.45, 7) is 7.44. The Morgan fingerprint density at radius 1 is 1.07 bits per heavy atom. The van der Waals surface area contributed by atoms with Gasteiger partial charge in [-0.05, 0) is 56.4 Å². The number of anilines is 1. The van der Waals surface area contributed by atoms with Crippen molar-refractivity contribution in [1.82, 2.24) is 0 Å². The van der Waals surface area contributed by atoms with E-state index in [-0.39, 0.29) is 12.0 Å². The van der Waals surface area contributed by atoms with Gasteiger partial charge in [-0.1, -0.05) is 48.7 Å². The van der Waals surface area contributed by atoms with Crippen LogP contribution < -0.4 is 4.31 Å². The summed E-state index contributed by atoms with van der Waals surface area (Å²) >= 11 is 0. The average molecular weight is 400 g/mol. The standard InChI is InChI=1S/C23H29NO3S/c1-4-5-23-21-15-24(28(25,26)18-9-6-16(2)7-10-18)22-11-8-17(3)14-20(22)19(21)12-13-27-23/h6-11,14,19,21,23H,4-5,12-13,15H2,1-3H3/t19-,21-,23+/m0/s1. The molecule has 2 aliphatic rings. The Balaban J connectivity index is 1.82. The van der Waals surface area contributed by atoms with Crippen LogP contribution in [-0.2, 0) is 14.8 Å². The minimum absolute atomic E-state index is 0.119. The molecule has 28 heavy (non-hydrogen) atoms. The third-order valence-electron chi connectivity index (χ3n) is 6.17. The van der Waals surface area contributed by atoms with E-state index in [0.29, 0.717) is 17.4 Å². The van der Waals surface area contributed by atoms with Gasteiger partial charge in [-0.25, -0.2) is 8.42 Å². The first-order chi connectivity index (χ1) is 13.4. The second-order valence-corrected chi connectivity index (χ2v) is 10.0. The van der Waals surface area contributed by atoms with Gasteiger partial charge < -0.3 is 4.74 Å². The van der Waals surface area contributed by atoms with Gasteiger partial charge in [-0.15, -0.1) is 0 Å². The van der Waals surface area contributed by atoms with Crippen LogP contribution in [0.2, 0.25) is 0 Å². The van der Waals surface area contributed by atoms with E-state index in [1.54, 1.807) is 16.4 Å². The van der Waals surface area contributed by atoms with E-state index in [4.69, 9.17) is 4.74 Å². The molecule has 0 radical (unpaired) electrons. The minimum Gasteiger partial charge on any atom is -0.378 e. The highest BCUT2D eigenvalue weighted by atomic mass is 32.2. The fourth-order valence-electron chi connectivity index (χ4n) is 4.71. The highest BCUT2D eigenvalue weighted by molar-refractivity contribution is 7.92. The van der Waals surface area contributed by atoms with Crippen LogP contribution in [-0.4, -0.2) is 27.7 Å². The number of nitrogens with zero attached hydrogens (tertiary/aromatic N) is 1. The highest BCUT2D eigenvalue weighted by Gasteiger charge is 2.44. The van der Waals surface area contributed by atoms with Crippen LogP contribution in [0.4, 0.5) is 5.69 Å². The summed E-state index contributed by atoms with van der Waals surface area (Å²) in [6.07, 6.45) is 3.09. The molecular weight excluding hydrogens is 370 g/mol. The normalized spacial score (nSPS) is 24.5. The van der Waals surface area contributed by atoms with Crippen molar-refractivity contribution in [3.63, 3.8) is 0 Å². The molecule has 0 aliphatic carbocycles. The Kier molecular flexibility index (Phi) is 5.23. The quantitative estimate of drug-likeness (QED) is 0.742. The third-order valence-corrected chi connectivity index (χ3v) is 7.96. The molecule has 150 valence electrons. The Hall–Kier alpha value is -1.85. The largest absolute Gasteiger partial charge is 0.378 e. The average Bonchev–Trinajstić information content (AvgIpc) is 2.68. The first-order valence-electron chi connectivity index (χ1n) is 10.2. The van der Waals surface area contributed by atoms with Crippen LogP contribution in [0.25, 0.3) is 0 Å². The molecule has 3 atom stereocenters. The fourth-order valence-corrected chi connectivity index (χ4v) is 6.24. The van der Waals surface area contributed by atoms with Crippen LogP contribution in [0.5, 0.6) is 0 Å². The Bertz CT molecular complexity index is 950. The van der Waals surface area contributed by atoms with Crippen molar-refractivity contribution in [2.45, 2.75) is 57.0 Å². The van der Waals surface area contributed by atoms with E-state index >= 15 is 0 Å². The molecular formula is C23H29NO3S. The number of hydrogen-bond acceptors (Lipinski definition) is 3. The lowest BCUT2D eigenvalue weighted by Crippen LogP contribution is -2.48. The molecule has 5 heteroatoms. The van der Waals surface area contributed by atoms with Gasteiger partial charge in [-0.2, -0.15) is 0 Å². The lowest BCUT2D eigenvalue weighted by molar-refractivity contribution is -0.0406. The van der Waals surface area contributed by atoms with Gasteiger partial charge in [0.1, 0.15) is 0 Å². The van der Waals surface area contributed by atoms with E-state index in [1.807, 2.05) is 31.2 Å². The van der Waals surface area contributed by atoms with Gasteiger partial charge >= 0.3 is 0 Å². The molecule has 2 aromatic rings. The van der Waals surface area contributed by atoms with Gasteiger partial charge in [0.2, 0.25) is 0 Å². The zero-order valence-electron chi connectivity index (χ0n) is 16.9. The van der Waals surface area contributed by atoms with Gasteiger partial charge in [-0.3, -0.25) is 4.31 Å². The molecule has 0 N–H and O–H groups in total. The van der Waals surface area contributed by atoms with Gasteiger partial charge in [0, 0.05) is 19.1 Å². The van der Waals surface area contributed by atoms with Crippen LogP contribution >= 0.6 is 0 Å².